The predicted octanol–water partition coefficient (Wildman–Crippen LogP) is 4.93. The summed E-state index contributed by atoms with van der Waals surface area (Å²) >= 11 is 0. The van der Waals surface area contributed by atoms with Crippen molar-refractivity contribution < 1.29 is 57.1 Å². The van der Waals surface area contributed by atoms with Gasteiger partial charge in [-0.05, 0) is 70.6 Å². The zero-order valence-electron chi connectivity index (χ0n) is 28.2. The molecule has 0 bridgehead atoms. The van der Waals surface area contributed by atoms with Crippen molar-refractivity contribution in [3.05, 3.63) is 46.1 Å². The van der Waals surface area contributed by atoms with E-state index in [1.54, 1.807) is 19.9 Å². The molecule has 1 aromatic carbocycles. The number of ether oxygens (including phenoxy) is 7. The summed E-state index contributed by atoms with van der Waals surface area (Å²) in [6.45, 7) is 12.3. The molecule has 0 aromatic heterocycles. The Kier molecular flexibility index (Phi) is 14.9. The van der Waals surface area contributed by atoms with E-state index in [1.165, 1.54) is 34.8 Å². The third kappa shape index (κ3) is 12.0. The average Bonchev–Trinajstić information content (AvgIpc) is 2.96. The molecule has 2 rings (SSSR count). The summed E-state index contributed by atoms with van der Waals surface area (Å²) in [5.74, 6) is -1.92. The van der Waals surface area contributed by atoms with Crippen LogP contribution in [0.15, 0.2) is 29.4 Å². The van der Waals surface area contributed by atoms with Crippen molar-refractivity contribution in [2.75, 3.05) is 13.7 Å². The molecule has 4 atom stereocenters. The van der Waals surface area contributed by atoms with E-state index in [2.05, 4.69) is 6.08 Å². The number of allylic oxidation sites excluding steroid dienone is 4. The number of carbonyl (C=O) groups is 5. The molecule has 0 N–H and O–H groups in total. The molecule has 1 aliphatic heterocycles. The van der Waals surface area contributed by atoms with Crippen molar-refractivity contribution >= 4 is 29.8 Å². The van der Waals surface area contributed by atoms with Crippen molar-refractivity contribution in [2.24, 2.45) is 0 Å². The highest BCUT2D eigenvalue weighted by Crippen LogP contribution is 2.37. The number of methoxy groups -OCH3 is 1. The minimum absolute atomic E-state index is 0.186. The first-order valence-corrected chi connectivity index (χ1v) is 15.1. The normalized spacial score (nSPS) is 19.9. The van der Waals surface area contributed by atoms with Gasteiger partial charge >= 0.3 is 29.8 Å². The molecule has 46 heavy (non-hydrogen) atoms. The zero-order valence-corrected chi connectivity index (χ0v) is 28.2. The van der Waals surface area contributed by atoms with Gasteiger partial charge in [-0.15, -0.1) is 0 Å². The summed E-state index contributed by atoms with van der Waals surface area (Å²) in [7, 11) is 1.37. The second kappa shape index (κ2) is 18.1. The van der Waals surface area contributed by atoms with Crippen LogP contribution in [0, 0.1) is 13.8 Å². The molecule has 12 nitrogen and oxygen atoms in total. The number of carbonyl (C=O) groups excluding carboxylic acids is 5. The molecular weight excluding hydrogens is 600 g/mol. The van der Waals surface area contributed by atoms with E-state index in [9.17, 15) is 24.0 Å². The monoisotopic (exact) mass is 646 g/mol. The van der Waals surface area contributed by atoms with E-state index >= 15 is 0 Å². The predicted molar refractivity (Wildman–Crippen MR) is 166 cm³/mol. The fraction of sp³-hybridized carbons (Fsp3) is 0.559. The minimum atomic E-state index is -1.26. The second-order valence-corrected chi connectivity index (χ2v) is 11.2. The van der Waals surface area contributed by atoms with Gasteiger partial charge in [-0.3, -0.25) is 24.0 Å². The smallest absolute Gasteiger partial charge is 0.308 e. The first kappa shape index (κ1) is 38.0. The maximum absolute atomic E-state index is 12.1. The quantitative estimate of drug-likeness (QED) is 0.117. The Morgan fingerprint density at radius 2 is 1.39 bits per heavy atom. The number of hydrogen-bond acceptors (Lipinski definition) is 12. The first-order chi connectivity index (χ1) is 21.6. The lowest BCUT2D eigenvalue weighted by atomic mass is 9.99. The van der Waals surface area contributed by atoms with Crippen LogP contribution >= 0.6 is 0 Å². The summed E-state index contributed by atoms with van der Waals surface area (Å²) in [5, 5.41) is 0. The van der Waals surface area contributed by atoms with Crippen LogP contribution in [0.4, 0.5) is 0 Å². The molecule has 0 radical (unpaired) electrons. The van der Waals surface area contributed by atoms with Crippen LogP contribution in [0.2, 0.25) is 0 Å². The third-order valence-corrected chi connectivity index (χ3v) is 7.32. The Hall–Kier alpha value is -4.19. The zero-order chi connectivity index (χ0) is 34.6. The molecule has 0 unspecified atom stereocenters. The van der Waals surface area contributed by atoms with Crippen LogP contribution in [0.25, 0.3) is 0 Å². The Morgan fingerprint density at radius 1 is 0.783 bits per heavy atom. The molecule has 1 aliphatic rings. The van der Waals surface area contributed by atoms with Crippen LogP contribution in [0.5, 0.6) is 11.5 Å². The van der Waals surface area contributed by atoms with Gasteiger partial charge in [0.25, 0.3) is 0 Å². The van der Waals surface area contributed by atoms with Crippen molar-refractivity contribution in [2.45, 2.75) is 112 Å². The number of rotatable bonds is 14. The van der Waals surface area contributed by atoms with Gasteiger partial charge < -0.3 is 33.2 Å². The topological polar surface area (TPSA) is 150 Å². The minimum Gasteiger partial charge on any atom is -0.469 e. The van der Waals surface area contributed by atoms with Crippen molar-refractivity contribution in [1.29, 1.82) is 0 Å². The summed E-state index contributed by atoms with van der Waals surface area (Å²) in [5.41, 5.74) is 4.19. The van der Waals surface area contributed by atoms with E-state index in [0.29, 0.717) is 47.5 Å². The maximum Gasteiger partial charge on any atom is 0.308 e. The maximum atomic E-state index is 12.1. The van der Waals surface area contributed by atoms with Crippen LogP contribution in [0.1, 0.15) is 83.9 Å². The van der Waals surface area contributed by atoms with E-state index in [0.717, 1.165) is 24.0 Å². The van der Waals surface area contributed by atoms with Crippen LogP contribution < -0.4 is 9.47 Å². The lowest BCUT2D eigenvalue weighted by Crippen LogP contribution is -2.59. The third-order valence-electron chi connectivity index (χ3n) is 7.32. The fourth-order valence-electron chi connectivity index (χ4n) is 4.86. The fourth-order valence-corrected chi connectivity index (χ4v) is 4.86. The molecule has 1 heterocycles. The lowest BCUT2D eigenvalue weighted by molar-refractivity contribution is -0.259. The lowest BCUT2D eigenvalue weighted by Gasteiger charge is -2.40. The Balaban J connectivity index is 2.37. The van der Waals surface area contributed by atoms with Gasteiger partial charge in [0.1, 0.15) is 11.5 Å². The van der Waals surface area contributed by atoms with Crippen molar-refractivity contribution in [3.63, 3.8) is 0 Å². The van der Waals surface area contributed by atoms with Crippen molar-refractivity contribution in [3.8, 4) is 11.5 Å². The molecule has 1 saturated heterocycles. The molecule has 1 fully saturated rings. The highest BCUT2D eigenvalue weighted by molar-refractivity contribution is 5.72. The van der Waals surface area contributed by atoms with Gasteiger partial charge in [0, 0.05) is 39.7 Å². The summed E-state index contributed by atoms with van der Waals surface area (Å²) in [4.78, 5) is 59.1. The molecule has 0 amide bonds. The molecule has 0 aliphatic carbocycles. The molecule has 0 saturated carbocycles. The number of esters is 5. The Morgan fingerprint density at radius 3 is 1.98 bits per heavy atom. The van der Waals surface area contributed by atoms with E-state index in [4.69, 9.17) is 33.2 Å². The van der Waals surface area contributed by atoms with Gasteiger partial charge in [-0.1, -0.05) is 23.3 Å². The highest BCUT2D eigenvalue weighted by Gasteiger charge is 2.48. The molecule has 0 spiro atoms. The largest absolute Gasteiger partial charge is 0.469 e. The SMILES string of the molecule is COC(=O)CC/C(C)=C/CC/C(C)=C/Cc1cc(O[C@@H]2OC[C@@H](OC(C)=O)[C@H](OC(C)=O)[C@H]2OC(C)=O)c(C)c(C)c1OC(C)=O. The summed E-state index contributed by atoms with van der Waals surface area (Å²) in [6, 6.07) is 1.73. The van der Waals surface area contributed by atoms with Crippen LogP contribution in [0.3, 0.4) is 0 Å². The van der Waals surface area contributed by atoms with Crippen LogP contribution in [-0.4, -0.2) is 68.2 Å². The number of hydrogen-bond donors (Lipinski definition) is 0. The Labute approximate surface area is 270 Å². The number of benzene rings is 1. The van der Waals surface area contributed by atoms with E-state index in [1.807, 2.05) is 19.9 Å². The summed E-state index contributed by atoms with van der Waals surface area (Å²) in [6.07, 6.45) is 2.41. The van der Waals surface area contributed by atoms with Gasteiger partial charge in [0.2, 0.25) is 12.4 Å². The van der Waals surface area contributed by atoms with E-state index < -0.39 is 48.5 Å². The highest BCUT2D eigenvalue weighted by atomic mass is 16.7. The van der Waals surface area contributed by atoms with Crippen molar-refractivity contribution in [1.82, 2.24) is 0 Å². The summed E-state index contributed by atoms with van der Waals surface area (Å²) < 4.78 is 38.6. The molecule has 254 valence electrons. The Bertz CT molecular complexity index is 1340. The van der Waals surface area contributed by atoms with Gasteiger partial charge in [0.05, 0.1) is 13.7 Å². The van der Waals surface area contributed by atoms with E-state index in [-0.39, 0.29) is 12.6 Å². The van der Waals surface area contributed by atoms with Gasteiger partial charge in [-0.2, -0.15) is 0 Å². The molecular formula is C34H46O12. The second-order valence-electron chi connectivity index (χ2n) is 11.2. The molecule has 1 aromatic rings. The average molecular weight is 647 g/mol. The van der Waals surface area contributed by atoms with Gasteiger partial charge in [0.15, 0.2) is 12.2 Å². The van der Waals surface area contributed by atoms with Crippen LogP contribution in [-0.2, 0) is 54.1 Å². The molecule has 12 heteroatoms. The standard InChI is InChI=1S/C34H46O12/c1-19(11-10-12-20(2)14-16-30(39)40-9)13-15-27-17-28(21(3)22(4)31(27)43-24(6)36)46-34-33(45-26(8)38)32(44-25(7)37)29(18-41-34)42-23(5)35/h12-13,17,29,32-34H,10-11,14-16,18H2,1-9H3/b19-13+,20-12+/t29-,32+,33-,34+/m1/s1. The first-order valence-electron chi connectivity index (χ1n) is 15.1. The van der Waals surface area contributed by atoms with Gasteiger partial charge in [-0.25, -0.2) is 0 Å².